The van der Waals surface area contributed by atoms with Gasteiger partial charge in [-0.25, -0.2) is 4.98 Å². The molecule has 0 spiro atoms. The van der Waals surface area contributed by atoms with Crippen molar-refractivity contribution in [3.05, 3.63) is 58.1 Å². The Bertz CT molecular complexity index is 879. The van der Waals surface area contributed by atoms with E-state index in [4.69, 9.17) is 23.2 Å². The molecule has 130 valence electrons. The number of benzene rings is 2. The number of carbonyl (C=O) groups is 1. The van der Waals surface area contributed by atoms with Crippen LogP contribution in [0.2, 0.25) is 10.0 Å². The van der Waals surface area contributed by atoms with Crippen LogP contribution >= 0.6 is 34.5 Å². The van der Waals surface area contributed by atoms with Gasteiger partial charge >= 0.3 is 0 Å². The first-order valence-corrected chi connectivity index (χ1v) is 9.33. The van der Waals surface area contributed by atoms with Crippen LogP contribution in [0, 0.1) is 0 Å². The lowest BCUT2D eigenvalue weighted by atomic mass is 10.1. The highest BCUT2D eigenvalue weighted by Crippen LogP contribution is 2.28. The minimum atomic E-state index is -0.0718. The highest BCUT2D eigenvalue weighted by atomic mass is 35.5. The molecule has 7 heteroatoms. The number of amides is 1. The highest BCUT2D eigenvalue weighted by molar-refractivity contribution is 7.22. The molecule has 1 N–H and O–H groups in total. The van der Waals surface area contributed by atoms with Crippen LogP contribution in [0.4, 0.5) is 5.13 Å². The number of hydrogen-bond donors (Lipinski definition) is 1. The van der Waals surface area contributed by atoms with Crippen LogP contribution in [0.25, 0.3) is 10.2 Å². The highest BCUT2D eigenvalue weighted by Gasteiger charge is 2.17. The van der Waals surface area contributed by atoms with Crippen molar-refractivity contribution >= 4 is 55.8 Å². The van der Waals surface area contributed by atoms with Gasteiger partial charge in [-0.3, -0.25) is 9.69 Å². The Morgan fingerprint density at radius 1 is 1.28 bits per heavy atom. The second kappa shape index (κ2) is 7.70. The molecule has 2 aromatic carbocycles. The van der Waals surface area contributed by atoms with Gasteiger partial charge in [-0.05, 0) is 36.8 Å². The first-order chi connectivity index (χ1) is 12.0. The molecule has 1 heterocycles. The summed E-state index contributed by atoms with van der Waals surface area (Å²) in [6.45, 7) is 2.15. The van der Waals surface area contributed by atoms with Crippen molar-refractivity contribution in [2.24, 2.45) is 0 Å². The quantitative estimate of drug-likeness (QED) is 0.668. The molecule has 1 atom stereocenters. The van der Waals surface area contributed by atoms with Gasteiger partial charge in [0, 0.05) is 23.1 Å². The molecule has 0 saturated heterocycles. The molecule has 25 heavy (non-hydrogen) atoms. The summed E-state index contributed by atoms with van der Waals surface area (Å²) in [7, 11) is 1.74. The summed E-state index contributed by atoms with van der Waals surface area (Å²) in [5.74, 6) is -0.0593. The van der Waals surface area contributed by atoms with Crippen LogP contribution in [0.5, 0.6) is 0 Å². The van der Waals surface area contributed by atoms with Gasteiger partial charge in [-0.15, -0.1) is 0 Å². The number of carbonyl (C=O) groups excluding carboxylic acids is 1. The average Bonchev–Trinajstić information content (AvgIpc) is 3.02. The number of nitrogens with one attached hydrogen (secondary N) is 1. The molecule has 0 fully saturated rings. The molecule has 3 rings (SSSR count). The topological polar surface area (TPSA) is 45.2 Å². The number of nitrogens with zero attached hydrogens (tertiary/aromatic N) is 2. The summed E-state index contributed by atoms with van der Waals surface area (Å²) in [5, 5.41) is 5.06. The van der Waals surface area contributed by atoms with E-state index in [-0.39, 0.29) is 18.5 Å². The van der Waals surface area contributed by atoms with Gasteiger partial charge in [-0.2, -0.15) is 0 Å². The summed E-state index contributed by atoms with van der Waals surface area (Å²) in [4.78, 5) is 18.6. The summed E-state index contributed by atoms with van der Waals surface area (Å²) in [6, 6.07) is 13.1. The molecule has 0 aliphatic heterocycles. The second-order valence-corrected chi connectivity index (χ2v) is 7.54. The molecule has 1 amide bonds. The number of halogens is 2. The van der Waals surface area contributed by atoms with Crippen molar-refractivity contribution < 1.29 is 4.79 Å². The summed E-state index contributed by atoms with van der Waals surface area (Å²) in [6.07, 6.45) is 0. The second-order valence-electron chi connectivity index (χ2n) is 5.69. The number of anilines is 1. The minimum Gasteiger partial charge on any atom is -0.302 e. The Labute approximate surface area is 160 Å². The van der Waals surface area contributed by atoms with Crippen molar-refractivity contribution in [1.29, 1.82) is 0 Å². The van der Waals surface area contributed by atoms with E-state index in [1.165, 1.54) is 11.3 Å². The number of para-hydroxylation sites is 1. The fourth-order valence-electron chi connectivity index (χ4n) is 2.43. The monoisotopic (exact) mass is 393 g/mol. The predicted molar refractivity (Wildman–Crippen MR) is 106 cm³/mol. The van der Waals surface area contributed by atoms with Crippen LogP contribution < -0.4 is 10.2 Å². The Kier molecular flexibility index (Phi) is 5.59. The van der Waals surface area contributed by atoms with Crippen molar-refractivity contribution in [1.82, 2.24) is 10.3 Å². The van der Waals surface area contributed by atoms with Crippen LogP contribution in [0.1, 0.15) is 18.5 Å². The van der Waals surface area contributed by atoms with Crippen LogP contribution in [0.15, 0.2) is 42.5 Å². The average molecular weight is 394 g/mol. The van der Waals surface area contributed by atoms with E-state index in [0.29, 0.717) is 15.2 Å². The van der Waals surface area contributed by atoms with Gasteiger partial charge in [0.15, 0.2) is 5.13 Å². The first kappa shape index (κ1) is 18.1. The van der Waals surface area contributed by atoms with E-state index in [2.05, 4.69) is 10.3 Å². The number of aromatic nitrogens is 1. The van der Waals surface area contributed by atoms with Crippen molar-refractivity contribution in [3.63, 3.8) is 0 Å². The molecule has 1 aromatic heterocycles. The van der Waals surface area contributed by atoms with Crippen molar-refractivity contribution in [2.75, 3.05) is 18.5 Å². The number of rotatable bonds is 5. The molecule has 0 saturated carbocycles. The molecular weight excluding hydrogens is 377 g/mol. The lowest BCUT2D eigenvalue weighted by Gasteiger charge is -2.18. The SMILES string of the molecule is CC(NCC(=O)N(C)c1nc2ccccc2s1)c1ccc(Cl)cc1Cl. The minimum absolute atomic E-state index is 0.0593. The molecule has 0 aliphatic carbocycles. The Balaban J connectivity index is 1.65. The third-order valence-electron chi connectivity index (χ3n) is 3.93. The number of thiazole rings is 1. The van der Waals surface area contributed by atoms with Crippen LogP contribution in [0.3, 0.4) is 0 Å². The maximum Gasteiger partial charge on any atom is 0.242 e. The Morgan fingerprint density at radius 3 is 2.76 bits per heavy atom. The summed E-state index contributed by atoms with van der Waals surface area (Å²) < 4.78 is 1.06. The molecule has 0 aliphatic rings. The summed E-state index contributed by atoms with van der Waals surface area (Å²) >= 11 is 13.6. The Hall–Kier alpha value is -1.66. The maximum absolute atomic E-state index is 12.5. The summed E-state index contributed by atoms with van der Waals surface area (Å²) in [5.41, 5.74) is 1.80. The first-order valence-electron chi connectivity index (χ1n) is 7.76. The van der Waals surface area contributed by atoms with Crippen molar-refractivity contribution in [2.45, 2.75) is 13.0 Å². The zero-order valence-electron chi connectivity index (χ0n) is 13.8. The van der Waals surface area contributed by atoms with E-state index in [1.807, 2.05) is 37.3 Å². The Morgan fingerprint density at radius 2 is 2.04 bits per heavy atom. The maximum atomic E-state index is 12.5. The van der Waals surface area contributed by atoms with E-state index >= 15 is 0 Å². The van der Waals surface area contributed by atoms with E-state index < -0.39 is 0 Å². The van der Waals surface area contributed by atoms with Gasteiger partial charge < -0.3 is 5.32 Å². The molecular formula is C18H17Cl2N3OS. The van der Waals surface area contributed by atoms with E-state index in [0.717, 1.165) is 15.8 Å². The molecule has 3 aromatic rings. The molecule has 4 nitrogen and oxygen atoms in total. The molecule has 0 bridgehead atoms. The van der Waals surface area contributed by atoms with E-state index in [9.17, 15) is 4.79 Å². The third-order valence-corrected chi connectivity index (χ3v) is 5.61. The zero-order chi connectivity index (χ0) is 18.0. The molecule has 1 unspecified atom stereocenters. The van der Waals surface area contributed by atoms with Crippen LogP contribution in [-0.2, 0) is 4.79 Å². The van der Waals surface area contributed by atoms with Gasteiger partial charge in [-0.1, -0.05) is 52.7 Å². The lowest BCUT2D eigenvalue weighted by Crippen LogP contribution is -2.36. The van der Waals surface area contributed by atoms with Gasteiger partial charge in [0.25, 0.3) is 0 Å². The van der Waals surface area contributed by atoms with Crippen molar-refractivity contribution in [3.8, 4) is 0 Å². The van der Waals surface area contributed by atoms with Crippen LogP contribution in [-0.4, -0.2) is 24.5 Å². The normalized spacial score (nSPS) is 12.3. The smallest absolute Gasteiger partial charge is 0.242 e. The largest absolute Gasteiger partial charge is 0.302 e. The van der Waals surface area contributed by atoms with Gasteiger partial charge in [0.2, 0.25) is 5.91 Å². The number of likely N-dealkylation sites (N-methyl/N-ethyl adjacent to an activating group) is 1. The lowest BCUT2D eigenvalue weighted by molar-refractivity contribution is -0.117. The number of hydrogen-bond acceptors (Lipinski definition) is 4. The number of fused-ring (bicyclic) bond motifs is 1. The third kappa shape index (κ3) is 4.12. The van der Waals surface area contributed by atoms with E-state index in [1.54, 1.807) is 24.1 Å². The zero-order valence-corrected chi connectivity index (χ0v) is 16.1. The van der Waals surface area contributed by atoms with Gasteiger partial charge in [0.1, 0.15) is 0 Å². The van der Waals surface area contributed by atoms with Gasteiger partial charge in [0.05, 0.1) is 16.8 Å². The fourth-order valence-corrected chi connectivity index (χ4v) is 3.95. The predicted octanol–water partition coefficient (Wildman–Crippen LogP) is 4.92. The fraction of sp³-hybridized carbons (Fsp3) is 0.222. The standard InChI is InChI=1S/C18H17Cl2N3OS/c1-11(13-8-7-12(19)9-14(13)20)21-10-17(24)23(2)18-22-15-5-3-4-6-16(15)25-18/h3-9,11,21H,10H2,1-2H3. The molecule has 0 radical (unpaired) electrons.